The number of hydrogen-bond acceptors (Lipinski definition) is 3. The smallest absolute Gasteiger partial charge is 0.244 e. The van der Waals surface area contributed by atoms with E-state index in [0.717, 1.165) is 22.9 Å². The molecule has 5 nitrogen and oxygen atoms in total. The third-order valence-electron chi connectivity index (χ3n) is 7.25. The fraction of sp³-hybridized carbons (Fsp3) is 0.375. The van der Waals surface area contributed by atoms with Gasteiger partial charge in [-0.25, -0.2) is 0 Å². The summed E-state index contributed by atoms with van der Waals surface area (Å²) in [4.78, 5) is 40.2. The van der Waals surface area contributed by atoms with Crippen molar-refractivity contribution in [2.45, 2.75) is 25.7 Å². The van der Waals surface area contributed by atoms with Crippen molar-refractivity contribution in [1.82, 2.24) is 4.90 Å². The molecule has 2 bridgehead atoms. The highest BCUT2D eigenvalue weighted by Crippen LogP contribution is 2.61. The van der Waals surface area contributed by atoms with Crippen molar-refractivity contribution in [3.05, 3.63) is 63.1 Å². The highest BCUT2D eigenvalue weighted by Gasteiger charge is 2.63. The molecule has 0 aromatic heterocycles. The second-order valence-electron chi connectivity index (χ2n) is 8.81. The molecule has 1 heterocycles. The zero-order valence-electron chi connectivity index (χ0n) is 17.0. The van der Waals surface area contributed by atoms with Crippen molar-refractivity contribution in [2.24, 2.45) is 23.7 Å². The van der Waals surface area contributed by atoms with Crippen LogP contribution in [0.3, 0.4) is 0 Å². The van der Waals surface area contributed by atoms with Crippen LogP contribution in [0.4, 0.5) is 5.69 Å². The van der Waals surface area contributed by atoms with Crippen LogP contribution in [0, 0.1) is 30.6 Å². The molecule has 160 valence electrons. The first-order chi connectivity index (χ1) is 14.9. The Morgan fingerprint density at radius 2 is 1.81 bits per heavy atom. The molecule has 2 aliphatic carbocycles. The number of carbonyl (C=O) groups excluding carboxylic acids is 3. The van der Waals surface area contributed by atoms with Gasteiger partial charge in [-0.05, 0) is 76.7 Å². The van der Waals surface area contributed by atoms with E-state index < -0.39 is 5.91 Å². The summed E-state index contributed by atoms with van der Waals surface area (Å²) in [5, 5.41) is 3.31. The van der Waals surface area contributed by atoms with Gasteiger partial charge < -0.3 is 5.32 Å². The molecule has 5 rings (SSSR count). The van der Waals surface area contributed by atoms with Crippen LogP contribution in [0.25, 0.3) is 0 Å². The summed E-state index contributed by atoms with van der Waals surface area (Å²) in [5.74, 6) is -0.631. The van der Waals surface area contributed by atoms with Gasteiger partial charge in [0.05, 0.1) is 16.9 Å². The molecule has 1 saturated heterocycles. The lowest BCUT2D eigenvalue weighted by molar-refractivity contribution is -0.143. The number of carbonyl (C=O) groups is 3. The quantitative estimate of drug-likeness (QED) is 0.614. The molecule has 0 unspecified atom stereocenters. The molecular weight excluding hydrogens is 480 g/mol. The van der Waals surface area contributed by atoms with Gasteiger partial charge in [0.25, 0.3) is 0 Å². The minimum absolute atomic E-state index is 0.175. The zero-order valence-corrected chi connectivity index (χ0v) is 19.3. The molecule has 2 aromatic rings. The summed E-state index contributed by atoms with van der Waals surface area (Å²) in [5.41, 5.74) is 2.54. The van der Waals surface area contributed by atoms with Crippen LogP contribution >= 0.6 is 27.5 Å². The van der Waals surface area contributed by atoms with E-state index in [1.807, 2.05) is 18.2 Å². The fourth-order valence-corrected chi connectivity index (χ4v) is 6.48. The van der Waals surface area contributed by atoms with E-state index in [1.165, 1.54) is 10.5 Å². The Kier molecular flexibility index (Phi) is 5.18. The molecule has 3 fully saturated rings. The number of benzene rings is 2. The maximum atomic E-state index is 13.2. The lowest BCUT2D eigenvalue weighted by Crippen LogP contribution is -2.39. The minimum atomic E-state index is -0.393. The van der Waals surface area contributed by atoms with E-state index >= 15 is 0 Å². The maximum Gasteiger partial charge on any atom is 0.244 e. The normalized spacial score (nSPS) is 28.9. The van der Waals surface area contributed by atoms with Crippen molar-refractivity contribution >= 4 is 50.9 Å². The lowest BCUT2D eigenvalue weighted by atomic mass is 9.73. The fourth-order valence-electron chi connectivity index (χ4n) is 5.88. The average Bonchev–Trinajstić information content (AvgIpc) is 3.43. The van der Waals surface area contributed by atoms with Crippen LogP contribution in [-0.4, -0.2) is 29.2 Å². The first-order valence-electron chi connectivity index (χ1n) is 10.5. The highest BCUT2D eigenvalue weighted by molar-refractivity contribution is 9.10. The first kappa shape index (κ1) is 20.7. The van der Waals surface area contributed by atoms with Gasteiger partial charge in [0.2, 0.25) is 17.7 Å². The number of likely N-dealkylation sites (tertiary alicyclic amines) is 1. The van der Waals surface area contributed by atoms with E-state index in [1.54, 1.807) is 19.1 Å². The van der Waals surface area contributed by atoms with E-state index in [0.29, 0.717) is 16.6 Å². The van der Waals surface area contributed by atoms with E-state index in [-0.39, 0.29) is 42.0 Å². The number of hydrogen-bond donors (Lipinski definition) is 1. The molecule has 0 radical (unpaired) electrons. The maximum absolute atomic E-state index is 13.2. The van der Waals surface area contributed by atoms with Crippen molar-refractivity contribution in [1.29, 1.82) is 0 Å². The van der Waals surface area contributed by atoms with Crippen LogP contribution in [0.15, 0.2) is 46.9 Å². The number of amides is 3. The Labute approximate surface area is 194 Å². The van der Waals surface area contributed by atoms with Crippen molar-refractivity contribution in [2.75, 3.05) is 11.9 Å². The highest BCUT2D eigenvalue weighted by atomic mass is 79.9. The number of nitrogens with one attached hydrogen (secondary N) is 1. The molecule has 3 aliphatic rings. The Hall–Kier alpha value is -2.18. The molecule has 1 N–H and O–H groups in total. The number of fused-ring (bicyclic) bond motifs is 5. The standard InChI is InChI=1S/C24H22BrClN2O3/c1-12-18(8-7-17(25)22(12)26)27-19(29)11-28-23(30)20-14-9-15(13-5-3-2-4-6-13)16(10-14)21(20)24(28)31/h2-8,14-16,20-21H,9-11H2,1H3,(H,27,29)/t14-,15-,16+,20+,21-/m0/s1. The average molecular weight is 502 g/mol. The molecule has 31 heavy (non-hydrogen) atoms. The predicted octanol–water partition coefficient (Wildman–Crippen LogP) is 4.77. The summed E-state index contributed by atoms with van der Waals surface area (Å²) in [6.07, 6.45) is 1.86. The third-order valence-corrected chi connectivity index (χ3v) is 8.63. The van der Waals surface area contributed by atoms with Gasteiger partial charge in [-0.3, -0.25) is 19.3 Å². The molecule has 1 aliphatic heterocycles. The monoisotopic (exact) mass is 500 g/mol. The van der Waals surface area contributed by atoms with Gasteiger partial charge in [-0.2, -0.15) is 0 Å². The Morgan fingerprint density at radius 1 is 1.10 bits per heavy atom. The van der Waals surface area contributed by atoms with Crippen LogP contribution in [-0.2, 0) is 14.4 Å². The summed E-state index contributed by atoms with van der Waals surface area (Å²) in [6.45, 7) is 1.55. The number of rotatable bonds is 4. The molecule has 2 aromatic carbocycles. The van der Waals surface area contributed by atoms with Gasteiger partial charge in [0.15, 0.2) is 0 Å². The van der Waals surface area contributed by atoms with Crippen molar-refractivity contribution < 1.29 is 14.4 Å². The van der Waals surface area contributed by atoms with E-state index in [9.17, 15) is 14.4 Å². The number of nitrogens with zero attached hydrogens (tertiary/aromatic N) is 1. The molecule has 7 heteroatoms. The van der Waals surface area contributed by atoms with Crippen molar-refractivity contribution in [3.8, 4) is 0 Å². The van der Waals surface area contributed by atoms with Gasteiger partial charge in [-0.15, -0.1) is 0 Å². The third kappa shape index (κ3) is 3.31. The molecule has 2 saturated carbocycles. The summed E-state index contributed by atoms with van der Waals surface area (Å²) >= 11 is 9.59. The van der Waals surface area contributed by atoms with Gasteiger partial charge in [0, 0.05) is 10.2 Å². The molecule has 5 atom stereocenters. The summed E-state index contributed by atoms with van der Waals surface area (Å²) < 4.78 is 0.742. The SMILES string of the molecule is Cc1c(NC(=O)CN2C(=O)[C@@H]3[C@@H]4C[C@@H]([C@@H]3C2=O)[C@H](c2ccccc2)C4)ccc(Br)c1Cl. The molecule has 0 spiro atoms. The number of anilines is 1. The van der Waals surface area contributed by atoms with Crippen molar-refractivity contribution in [3.63, 3.8) is 0 Å². The van der Waals surface area contributed by atoms with Gasteiger partial charge in [-0.1, -0.05) is 41.9 Å². The van der Waals surface area contributed by atoms with E-state index in [2.05, 4.69) is 33.4 Å². The topological polar surface area (TPSA) is 66.5 Å². The van der Waals surface area contributed by atoms with Gasteiger partial charge >= 0.3 is 0 Å². The van der Waals surface area contributed by atoms with Crippen LogP contribution in [0.2, 0.25) is 5.02 Å². The lowest BCUT2D eigenvalue weighted by Gasteiger charge is -2.28. The molecule has 3 amide bonds. The van der Waals surface area contributed by atoms with Crippen LogP contribution < -0.4 is 5.32 Å². The number of imide groups is 1. The van der Waals surface area contributed by atoms with Crippen LogP contribution in [0.5, 0.6) is 0 Å². The zero-order chi connectivity index (χ0) is 21.9. The second kappa shape index (κ2) is 7.75. The Bertz CT molecular complexity index is 1090. The molecular formula is C24H22BrClN2O3. The number of halogens is 2. The predicted molar refractivity (Wildman–Crippen MR) is 122 cm³/mol. The largest absolute Gasteiger partial charge is 0.324 e. The minimum Gasteiger partial charge on any atom is -0.324 e. The van der Waals surface area contributed by atoms with E-state index in [4.69, 9.17) is 11.6 Å². The summed E-state index contributed by atoms with van der Waals surface area (Å²) in [6, 6.07) is 13.8. The Balaban J connectivity index is 1.32. The van der Waals surface area contributed by atoms with Gasteiger partial charge in [0.1, 0.15) is 6.54 Å². The van der Waals surface area contributed by atoms with Crippen LogP contribution in [0.1, 0.15) is 29.9 Å². The summed E-state index contributed by atoms with van der Waals surface area (Å²) in [7, 11) is 0. The Morgan fingerprint density at radius 3 is 2.55 bits per heavy atom. The second-order valence-corrected chi connectivity index (χ2v) is 10.0. The first-order valence-corrected chi connectivity index (χ1v) is 11.7.